The number of hydrogen-bond donors (Lipinski definition) is 3. The van der Waals surface area contributed by atoms with Gasteiger partial charge in [0.05, 0.1) is 11.9 Å². The number of nitrogens with zero attached hydrogens (tertiary/aromatic N) is 1. The van der Waals surface area contributed by atoms with Crippen LogP contribution in [0, 0.1) is 11.3 Å². The SMILES string of the molecule is CC(O)CN(C)CC(C)C(=N)N. The topological polar surface area (TPSA) is 73.3 Å². The minimum Gasteiger partial charge on any atom is -0.392 e. The molecule has 0 bridgehead atoms. The molecule has 2 atom stereocenters. The molecule has 4 nitrogen and oxygen atoms in total. The van der Waals surface area contributed by atoms with Gasteiger partial charge in [-0.05, 0) is 14.0 Å². The molecule has 0 aliphatic rings. The molecule has 0 aromatic heterocycles. The van der Waals surface area contributed by atoms with Crippen molar-refractivity contribution in [2.24, 2.45) is 11.7 Å². The quantitative estimate of drug-likeness (QED) is 0.400. The first-order valence-corrected chi connectivity index (χ1v) is 4.14. The van der Waals surface area contributed by atoms with Crippen LogP contribution in [0.1, 0.15) is 13.8 Å². The molecule has 0 amide bonds. The van der Waals surface area contributed by atoms with Crippen LogP contribution in [0.2, 0.25) is 0 Å². The number of aliphatic hydroxyl groups is 1. The van der Waals surface area contributed by atoms with Crippen molar-refractivity contribution in [3.63, 3.8) is 0 Å². The monoisotopic (exact) mass is 173 g/mol. The normalized spacial score (nSPS) is 16.1. The van der Waals surface area contributed by atoms with E-state index in [0.29, 0.717) is 6.54 Å². The molecule has 4 N–H and O–H groups in total. The fourth-order valence-electron chi connectivity index (χ4n) is 1.09. The number of nitrogens with two attached hydrogens (primary N) is 1. The Morgan fingerprint density at radius 2 is 2.00 bits per heavy atom. The molecule has 0 saturated heterocycles. The molecule has 4 heteroatoms. The number of hydrogen-bond acceptors (Lipinski definition) is 3. The van der Waals surface area contributed by atoms with Crippen molar-refractivity contribution in [2.75, 3.05) is 20.1 Å². The maximum atomic E-state index is 9.05. The lowest BCUT2D eigenvalue weighted by Crippen LogP contribution is -2.35. The molecular formula is C8H19N3O. The molecule has 0 aliphatic heterocycles. The third-order valence-corrected chi connectivity index (χ3v) is 1.69. The largest absolute Gasteiger partial charge is 0.392 e. The average Bonchev–Trinajstić information content (AvgIpc) is 1.84. The van der Waals surface area contributed by atoms with Crippen molar-refractivity contribution in [1.29, 1.82) is 5.41 Å². The number of nitrogens with one attached hydrogen (secondary N) is 1. The van der Waals surface area contributed by atoms with Crippen molar-refractivity contribution in [1.82, 2.24) is 4.90 Å². The van der Waals surface area contributed by atoms with E-state index in [1.807, 2.05) is 18.9 Å². The summed E-state index contributed by atoms with van der Waals surface area (Å²) in [7, 11) is 1.91. The van der Waals surface area contributed by atoms with Gasteiger partial charge in [-0.1, -0.05) is 6.92 Å². The molecule has 12 heavy (non-hydrogen) atoms. The lowest BCUT2D eigenvalue weighted by Gasteiger charge is -2.21. The third-order valence-electron chi connectivity index (χ3n) is 1.69. The summed E-state index contributed by atoms with van der Waals surface area (Å²) in [5, 5.41) is 16.2. The van der Waals surface area contributed by atoms with E-state index < -0.39 is 0 Å². The fraction of sp³-hybridized carbons (Fsp3) is 0.875. The summed E-state index contributed by atoms with van der Waals surface area (Å²) in [5.41, 5.74) is 5.31. The molecule has 72 valence electrons. The first-order valence-electron chi connectivity index (χ1n) is 4.14. The van der Waals surface area contributed by atoms with Crippen molar-refractivity contribution < 1.29 is 5.11 Å². The Balaban J connectivity index is 3.68. The molecular weight excluding hydrogens is 154 g/mol. The van der Waals surface area contributed by atoms with Gasteiger partial charge >= 0.3 is 0 Å². The van der Waals surface area contributed by atoms with Crippen LogP contribution < -0.4 is 5.73 Å². The van der Waals surface area contributed by atoms with Crippen LogP contribution >= 0.6 is 0 Å². The van der Waals surface area contributed by atoms with Crippen LogP contribution in [-0.2, 0) is 0 Å². The fourth-order valence-corrected chi connectivity index (χ4v) is 1.09. The Morgan fingerprint density at radius 1 is 1.50 bits per heavy atom. The van der Waals surface area contributed by atoms with Crippen molar-refractivity contribution >= 4 is 5.84 Å². The molecule has 0 aliphatic carbocycles. The van der Waals surface area contributed by atoms with E-state index in [0.717, 1.165) is 6.54 Å². The molecule has 0 aromatic rings. The van der Waals surface area contributed by atoms with Crippen molar-refractivity contribution in [3.05, 3.63) is 0 Å². The Kier molecular flexibility index (Phi) is 4.85. The number of likely N-dealkylation sites (N-methyl/N-ethyl adjacent to an activating group) is 1. The zero-order valence-electron chi connectivity index (χ0n) is 8.04. The summed E-state index contributed by atoms with van der Waals surface area (Å²) in [6.45, 7) is 4.99. The third kappa shape index (κ3) is 5.09. The summed E-state index contributed by atoms with van der Waals surface area (Å²) in [6.07, 6.45) is -0.325. The van der Waals surface area contributed by atoms with Gasteiger partial charge < -0.3 is 15.7 Å². The van der Waals surface area contributed by atoms with Gasteiger partial charge in [0.1, 0.15) is 0 Å². The highest BCUT2D eigenvalue weighted by atomic mass is 16.3. The minimum absolute atomic E-state index is 0.0637. The van der Waals surface area contributed by atoms with Crippen LogP contribution in [0.4, 0.5) is 0 Å². The van der Waals surface area contributed by atoms with Crippen LogP contribution in [0.25, 0.3) is 0 Å². The maximum Gasteiger partial charge on any atom is 0.0947 e. The highest BCUT2D eigenvalue weighted by molar-refractivity contribution is 5.79. The Bertz CT molecular complexity index is 147. The lowest BCUT2D eigenvalue weighted by molar-refractivity contribution is 0.138. The summed E-state index contributed by atoms with van der Waals surface area (Å²) < 4.78 is 0. The van der Waals surface area contributed by atoms with Gasteiger partial charge in [0, 0.05) is 19.0 Å². The molecule has 0 fully saturated rings. The van der Waals surface area contributed by atoms with E-state index in [9.17, 15) is 0 Å². The van der Waals surface area contributed by atoms with Gasteiger partial charge in [-0.15, -0.1) is 0 Å². The predicted molar refractivity (Wildman–Crippen MR) is 50.3 cm³/mol. The van der Waals surface area contributed by atoms with Crippen LogP contribution in [-0.4, -0.2) is 42.1 Å². The Labute approximate surface area is 73.9 Å². The van der Waals surface area contributed by atoms with E-state index in [-0.39, 0.29) is 17.9 Å². The highest BCUT2D eigenvalue weighted by Crippen LogP contribution is 1.97. The molecule has 2 unspecified atom stereocenters. The zero-order chi connectivity index (χ0) is 9.72. The van der Waals surface area contributed by atoms with E-state index in [2.05, 4.69) is 0 Å². The van der Waals surface area contributed by atoms with Crippen LogP contribution in [0.5, 0.6) is 0 Å². The van der Waals surface area contributed by atoms with Gasteiger partial charge in [-0.25, -0.2) is 0 Å². The van der Waals surface area contributed by atoms with Crippen molar-refractivity contribution in [3.8, 4) is 0 Å². The summed E-state index contributed by atoms with van der Waals surface area (Å²) in [5.74, 6) is 0.265. The molecule has 0 saturated carbocycles. The van der Waals surface area contributed by atoms with Crippen LogP contribution in [0.15, 0.2) is 0 Å². The Hall–Kier alpha value is -0.610. The summed E-state index contributed by atoms with van der Waals surface area (Å²) >= 11 is 0. The average molecular weight is 173 g/mol. The molecule has 0 aromatic carbocycles. The summed E-state index contributed by atoms with van der Waals surface area (Å²) in [4.78, 5) is 1.97. The minimum atomic E-state index is -0.325. The smallest absolute Gasteiger partial charge is 0.0947 e. The molecule has 0 rings (SSSR count). The van der Waals surface area contributed by atoms with E-state index >= 15 is 0 Å². The second kappa shape index (κ2) is 5.11. The zero-order valence-corrected chi connectivity index (χ0v) is 8.04. The van der Waals surface area contributed by atoms with Gasteiger partial charge in [-0.3, -0.25) is 5.41 Å². The van der Waals surface area contributed by atoms with Gasteiger partial charge in [-0.2, -0.15) is 0 Å². The molecule has 0 spiro atoms. The van der Waals surface area contributed by atoms with E-state index in [4.69, 9.17) is 16.2 Å². The van der Waals surface area contributed by atoms with Gasteiger partial charge in [0.25, 0.3) is 0 Å². The standard InChI is InChI=1S/C8H19N3O/c1-6(8(9)10)4-11(3)5-7(2)12/h6-7,12H,4-5H2,1-3H3,(H3,9,10). The second-order valence-electron chi connectivity index (χ2n) is 3.43. The first-order chi connectivity index (χ1) is 5.43. The van der Waals surface area contributed by atoms with Crippen LogP contribution in [0.3, 0.4) is 0 Å². The van der Waals surface area contributed by atoms with Gasteiger partial charge in [0.2, 0.25) is 0 Å². The van der Waals surface area contributed by atoms with Gasteiger partial charge in [0.15, 0.2) is 0 Å². The lowest BCUT2D eigenvalue weighted by atomic mass is 10.1. The highest BCUT2D eigenvalue weighted by Gasteiger charge is 2.09. The maximum absolute atomic E-state index is 9.05. The first kappa shape index (κ1) is 11.4. The van der Waals surface area contributed by atoms with E-state index in [1.54, 1.807) is 6.92 Å². The molecule has 0 radical (unpaired) electrons. The van der Waals surface area contributed by atoms with Crippen molar-refractivity contribution in [2.45, 2.75) is 20.0 Å². The number of aliphatic hydroxyl groups excluding tert-OH is 1. The Morgan fingerprint density at radius 3 is 2.33 bits per heavy atom. The predicted octanol–water partition coefficient (Wildman–Crippen LogP) is -0.129. The van der Waals surface area contributed by atoms with E-state index in [1.165, 1.54) is 0 Å². The summed E-state index contributed by atoms with van der Waals surface area (Å²) in [6, 6.07) is 0. The second-order valence-corrected chi connectivity index (χ2v) is 3.43. The number of amidine groups is 1. The molecule has 0 heterocycles. The number of rotatable bonds is 5.